The molecule has 1 N–H and O–H groups in total. The third kappa shape index (κ3) is 6.38. The molecule has 1 amide bonds. The minimum absolute atomic E-state index is 0.0339. The summed E-state index contributed by atoms with van der Waals surface area (Å²) in [5.74, 6) is -1.23. The maximum absolute atomic E-state index is 13.1. The highest BCUT2D eigenvalue weighted by Gasteiger charge is 2.68. The number of rotatable bonds is 8. The summed E-state index contributed by atoms with van der Waals surface area (Å²) in [4.78, 5) is 25.0. The Morgan fingerprint density at radius 2 is 1.68 bits per heavy atom. The van der Waals surface area contributed by atoms with Crippen LogP contribution in [0, 0.1) is 0 Å². The zero-order valence-electron chi connectivity index (χ0n) is 26.0. The molecule has 41 heavy (non-hydrogen) atoms. The quantitative estimate of drug-likeness (QED) is 0.254. The topological polar surface area (TPSA) is 157 Å². The lowest BCUT2D eigenvalue weighted by molar-refractivity contribution is -0.119. The Morgan fingerprint density at radius 3 is 2.20 bits per heavy atom. The van der Waals surface area contributed by atoms with E-state index in [-0.39, 0.29) is 28.1 Å². The number of carbonyl (C=O) groups excluding carboxylic acids is 2. The van der Waals surface area contributed by atoms with Crippen LogP contribution in [-0.4, -0.2) is 83.4 Å². The molecule has 2 aliphatic heterocycles. The summed E-state index contributed by atoms with van der Waals surface area (Å²) in [6, 6.07) is 0. The fourth-order valence-corrected chi connectivity index (χ4v) is 7.69. The molecule has 4 atom stereocenters. The van der Waals surface area contributed by atoms with Gasteiger partial charge in [-0.3, -0.25) is 4.79 Å². The number of esters is 1. The van der Waals surface area contributed by atoms with Gasteiger partial charge in [0.05, 0.1) is 31.0 Å². The largest absolute Gasteiger partial charge is 0.464 e. The Bertz CT molecular complexity index is 1310. The standard InChI is InChI=1S/C25H44N4O9SSi2/c1-16(30)27-18-15-39(32,33)38-25(18)19(14-35-40(9,10)23(2,3)4)36-21(20(25)37-41(11,12)24(5,6)7)29-17(13-26-28-29)22(31)34-8/h13,15,19-21H,14H2,1-12H3,(H,27,30)/t19-,20+,21-,25-/m1/s1. The second-order valence-corrected chi connectivity index (χ2v) is 24.5. The van der Waals surface area contributed by atoms with E-state index in [9.17, 15) is 18.0 Å². The maximum atomic E-state index is 13.1. The van der Waals surface area contributed by atoms with E-state index >= 15 is 0 Å². The second-order valence-electron chi connectivity index (χ2n) is 13.5. The van der Waals surface area contributed by atoms with Gasteiger partial charge in [-0.2, -0.15) is 8.42 Å². The number of amides is 1. The highest BCUT2D eigenvalue weighted by molar-refractivity contribution is 7.90. The number of hydrogen-bond acceptors (Lipinski definition) is 11. The lowest BCUT2D eigenvalue weighted by Crippen LogP contribution is -2.59. The average molecular weight is 633 g/mol. The van der Waals surface area contributed by atoms with E-state index in [2.05, 4.69) is 49.5 Å². The van der Waals surface area contributed by atoms with Gasteiger partial charge in [-0.05, 0) is 36.3 Å². The molecule has 0 aromatic carbocycles. The zero-order chi connectivity index (χ0) is 31.4. The minimum atomic E-state index is -4.30. The molecule has 3 heterocycles. The number of hydrogen-bond donors (Lipinski definition) is 1. The lowest BCUT2D eigenvalue weighted by Gasteiger charge is -2.44. The highest BCUT2D eigenvalue weighted by atomic mass is 32.2. The first kappa shape index (κ1) is 33.5. The van der Waals surface area contributed by atoms with Crippen molar-refractivity contribution < 1.29 is 40.5 Å². The Balaban J connectivity index is 2.29. The minimum Gasteiger partial charge on any atom is -0.464 e. The molecule has 2 aliphatic rings. The first-order valence-corrected chi connectivity index (χ1v) is 20.7. The number of methoxy groups -OCH3 is 1. The SMILES string of the molecule is COC(=O)c1cnnn1[C@@H]1O[C@H](CO[Si](C)(C)C(C)(C)C)[C@@]2(OS(=O)(=O)C=C2NC(C)=O)[C@H]1O[Si](C)(C)C(C)(C)C. The summed E-state index contributed by atoms with van der Waals surface area (Å²) >= 11 is 0. The summed E-state index contributed by atoms with van der Waals surface area (Å²) in [5, 5.41) is 11.0. The Morgan fingerprint density at radius 1 is 1.10 bits per heavy atom. The van der Waals surface area contributed by atoms with Crippen molar-refractivity contribution in [2.75, 3.05) is 13.7 Å². The van der Waals surface area contributed by atoms with Crippen LogP contribution in [0.15, 0.2) is 17.3 Å². The van der Waals surface area contributed by atoms with Gasteiger partial charge < -0.3 is 23.6 Å². The number of nitrogens with zero attached hydrogens (tertiary/aromatic N) is 3. The summed E-state index contributed by atoms with van der Waals surface area (Å²) in [6.07, 6.45) is -2.26. The van der Waals surface area contributed by atoms with E-state index in [0.29, 0.717) is 0 Å². The molecule has 1 saturated heterocycles. The van der Waals surface area contributed by atoms with E-state index in [0.717, 1.165) is 5.41 Å². The van der Waals surface area contributed by atoms with Crippen molar-refractivity contribution in [2.45, 2.75) is 109 Å². The fourth-order valence-electron chi connectivity index (χ4n) is 4.15. The Labute approximate surface area is 244 Å². The van der Waals surface area contributed by atoms with Gasteiger partial charge in [-0.15, -0.1) is 5.10 Å². The third-order valence-corrected chi connectivity index (χ3v) is 18.5. The van der Waals surface area contributed by atoms with Crippen molar-refractivity contribution >= 4 is 38.6 Å². The number of nitrogens with one attached hydrogen (secondary N) is 1. The first-order chi connectivity index (χ1) is 18.5. The molecule has 13 nitrogen and oxygen atoms in total. The molecule has 0 unspecified atom stereocenters. The van der Waals surface area contributed by atoms with Gasteiger partial charge in [-0.25, -0.2) is 13.7 Å². The molecule has 0 bridgehead atoms. The van der Waals surface area contributed by atoms with Gasteiger partial charge >= 0.3 is 5.97 Å². The van der Waals surface area contributed by atoms with Gasteiger partial charge in [0.25, 0.3) is 10.1 Å². The second kappa shape index (κ2) is 11.0. The van der Waals surface area contributed by atoms with Crippen molar-refractivity contribution in [3.05, 3.63) is 23.0 Å². The molecule has 0 aliphatic carbocycles. The van der Waals surface area contributed by atoms with E-state index in [4.69, 9.17) is 22.5 Å². The van der Waals surface area contributed by atoms with Crippen molar-refractivity contribution in [1.29, 1.82) is 0 Å². The summed E-state index contributed by atoms with van der Waals surface area (Å²) in [6.45, 7) is 21.6. The summed E-state index contributed by atoms with van der Waals surface area (Å²) in [7, 11) is -8.17. The van der Waals surface area contributed by atoms with Gasteiger partial charge in [0.2, 0.25) is 5.91 Å². The van der Waals surface area contributed by atoms with Crippen LogP contribution in [0.5, 0.6) is 0 Å². The zero-order valence-corrected chi connectivity index (χ0v) is 28.8. The third-order valence-electron chi connectivity index (χ3n) is 8.55. The van der Waals surface area contributed by atoms with Gasteiger partial charge in [0.1, 0.15) is 12.2 Å². The van der Waals surface area contributed by atoms with Crippen LogP contribution in [0.1, 0.15) is 65.2 Å². The van der Waals surface area contributed by atoms with E-state index in [1.165, 1.54) is 24.9 Å². The van der Waals surface area contributed by atoms with Crippen LogP contribution < -0.4 is 5.32 Å². The predicted molar refractivity (Wildman–Crippen MR) is 155 cm³/mol. The smallest absolute Gasteiger partial charge is 0.358 e. The highest BCUT2D eigenvalue weighted by Crippen LogP contribution is 2.53. The molecular formula is C25H44N4O9SSi2. The molecule has 1 spiro atoms. The molecule has 16 heteroatoms. The van der Waals surface area contributed by atoms with Crippen LogP contribution in [0.4, 0.5) is 0 Å². The normalized spacial score (nSPS) is 26.7. The van der Waals surface area contributed by atoms with Crippen molar-refractivity contribution in [3.8, 4) is 0 Å². The van der Waals surface area contributed by atoms with Crippen molar-refractivity contribution in [1.82, 2.24) is 20.3 Å². The molecular weight excluding hydrogens is 589 g/mol. The van der Waals surface area contributed by atoms with Gasteiger partial charge in [0, 0.05) is 6.92 Å². The monoisotopic (exact) mass is 632 g/mol. The summed E-state index contributed by atoms with van der Waals surface area (Å²) in [5.41, 5.74) is -1.94. The van der Waals surface area contributed by atoms with Gasteiger partial charge in [0.15, 0.2) is 34.2 Å². The molecule has 1 fully saturated rings. The molecule has 3 rings (SSSR count). The molecule has 232 valence electrons. The van der Waals surface area contributed by atoms with E-state index < -0.39 is 62.7 Å². The van der Waals surface area contributed by atoms with Crippen LogP contribution in [0.25, 0.3) is 0 Å². The molecule has 1 aromatic rings. The molecule has 0 radical (unpaired) electrons. The van der Waals surface area contributed by atoms with Crippen LogP contribution in [0.3, 0.4) is 0 Å². The number of carbonyl (C=O) groups is 2. The average Bonchev–Trinajstić information content (AvgIpc) is 3.45. The van der Waals surface area contributed by atoms with Crippen LogP contribution >= 0.6 is 0 Å². The van der Waals surface area contributed by atoms with Crippen molar-refractivity contribution in [3.63, 3.8) is 0 Å². The fraction of sp³-hybridized carbons (Fsp3) is 0.760. The van der Waals surface area contributed by atoms with Crippen LogP contribution in [0.2, 0.25) is 36.3 Å². The maximum Gasteiger partial charge on any atom is 0.358 e. The van der Waals surface area contributed by atoms with Crippen LogP contribution in [-0.2, 0) is 37.4 Å². The Hall–Kier alpha value is -1.96. The predicted octanol–water partition coefficient (Wildman–Crippen LogP) is 3.45. The molecule has 1 aromatic heterocycles. The van der Waals surface area contributed by atoms with Crippen molar-refractivity contribution in [2.24, 2.45) is 0 Å². The first-order valence-electron chi connectivity index (χ1n) is 13.4. The van der Waals surface area contributed by atoms with Gasteiger partial charge in [-0.1, -0.05) is 46.8 Å². The number of aromatic nitrogens is 3. The number of ether oxygens (including phenoxy) is 2. The van der Waals surface area contributed by atoms with E-state index in [1.54, 1.807) is 0 Å². The van der Waals surface area contributed by atoms with E-state index in [1.807, 2.05) is 33.9 Å². The summed E-state index contributed by atoms with van der Waals surface area (Å²) < 4.78 is 58.2. The lowest BCUT2D eigenvalue weighted by atomic mass is 9.89. The molecule has 0 saturated carbocycles. The Kier molecular flexibility index (Phi) is 8.96.